The van der Waals surface area contributed by atoms with Gasteiger partial charge in [-0.2, -0.15) is 0 Å². The van der Waals surface area contributed by atoms with Crippen molar-refractivity contribution in [3.63, 3.8) is 0 Å². The largest absolute Gasteiger partial charge is 0.472 e. The summed E-state index contributed by atoms with van der Waals surface area (Å²) in [6, 6.07) is 0. The van der Waals surface area contributed by atoms with Gasteiger partial charge in [-0.05, 0) is 19.8 Å². The van der Waals surface area contributed by atoms with Crippen LogP contribution in [0, 0.1) is 11.8 Å². The zero-order valence-corrected chi connectivity index (χ0v) is 15.5. The Morgan fingerprint density at radius 1 is 1.16 bits per heavy atom. The number of aliphatic hydroxyl groups is 2. The third-order valence-corrected chi connectivity index (χ3v) is 6.15. The van der Waals surface area contributed by atoms with Crippen molar-refractivity contribution in [2.75, 3.05) is 13.2 Å². The second kappa shape index (κ2) is 7.50. The van der Waals surface area contributed by atoms with Crippen molar-refractivity contribution in [1.82, 2.24) is 0 Å². The molecule has 1 aliphatic carbocycles. The minimum atomic E-state index is -4.45. The van der Waals surface area contributed by atoms with Gasteiger partial charge in [-0.25, -0.2) is 4.57 Å². The molecule has 3 aliphatic rings. The maximum atomic E-state index is 12.2. The molecule has 1 saturated carbocycles. The monoisotopic (exact) mass is 382 g/mol. The summed E-state index contributed by atoms with van der Waals surface area (Å²) < 4.78 is 38.8. The summed E-state index contributed by atoms with van der Waals surface area (Å²) in [5.41, 5.74) is 0. The van der Waals surface area contributed by atoms with E-state index >= 15 is 0 Å². The van der Waals surface area contributed by atoms with Gasteiger partial charge in [0.05, 0.1) is 24.9 Å². The lowest BCUT2D eigenvalue weighted by molar-refractivity contribution is -0.124. The zero-order valence-electron chi connectivity index (χ0n) is 14.6. The van der Waals surface area contributed by atoms with Gasteiger partial charge in [0, 0.05) is 12.5 Å². The smallest absolute Gasteiger partial charge is 0.385 e. The van der Waals surface area contributed by atoms with Gasteiger partial charge >= 0.3 is 7.82 Å². The number of phosphoric ester groups is 1. The second-order valence-electron chi connectivity index (χ2n) is 6.77. The Labute approximate surface area is 146 Å². The van der Waals surface area contributed by atoms with E-state index in [0.717, 1.165) is 6.42 Å². The normalized spacial score (nSPS) is 48.3. The van der Waals surface area contributed by atoms with E-state index in [1.807, 2.05) is 6.92 Å². The lowest BCUT2D eigenvalue weighted by Crippen LogP contribution is -2.35. The number of rotatable bonds is 8. The Balaban J connectivity index is 1.53. The molecule has 3 N–H and O–H groups in total. The van der Waals surface area contributed by atoms with Crippen molar-refractivity contribution in [1.29, 1.82) is 0 Å². The first-order chi connectivity index (χ1) is 11.8. The molecule has 10 unspecified atom stereocenters. The zero-order chi connectivity index (χ0) is 18.4. The van der Waals surface area contributed by atoms with Gasteiger partial charge in [0.2, 0.25) is 0 Å². The van der Waals surface area contributed by atoms with Gasteiger partial charge in [-0.1, -0.05) is 13.3 Å². The molecule has 10 atom stereocenters. The van der Waals surface area contributed by atoms with Crippen LogP contribution in [0.15, 0.2) is 0 Å². The Morgan fingerprint density at radius 2 is 1.88 bits per heavy atom. The molecule has 25 heavy (non-hydrogen) atoms. The minimum Gasteiger partial charge on any atom is -0.385 e. The van der Waals surface area contributed by atoms with Crippen LogP contribution in [0.5, 0.6) is 0 Å². The fourth-order valence-corrected chi connectivity index (χ4v) is 4.88. The summed E-state index contributed by atoms with van der Waals surface area (Å²) in [5, 5.41) is 19.2. The summed E-state index contributed by atoms with van der Waals surface area (Å²) in [5.74, 6) is 0.774. The van der Waals surface area contributed by atoms with E-state index in [1.54, 1.807) is 0 Å². The highest BCUT2D eigenvalue weighted by Gasteiger charge is 2.63. The summed E-state index contributed by atoms with van der Waals surface area (Å²) in [6.45, 7) is 5.89. The van der Waals surface area contributed by atoms with E-state index < -0.39 is 38.5 Å². The Kier molecular flexibility index (Phi) is 5.90. The topological polar surface area (TPSA) is 124 Å². The maximum Gasteiger partial charge on any atom is 0.472 e. The van der Waals surface area contributed by atoms with Crippen LogP contribution in [0.2, 0.25) is 0 Å². The first kappa shape index (κ1) is 19.7. The van der Waals surface area contributed by atoms with Crippen LogP contribution in [0.3, 0.4) is 0 Å². The van der Waals surface area contributed by atoms with E-state index in [1.165, 1.54) is 6.92 Å². The Hall–Kier alpha value is -0.0900. The molecule has 0 aromatic rings. The van der Waals surface area contributed by atoms with E-state index in [4.69, 9.17) is 23.3 Å². The average Bonchev–Trinajstić information content (AvgIpc) is 3.05. The molecule has 9 nitrogen and oxygen atoms in total. The fraction of sp³-hybridized carbons (Fsp3) is 1.00. The van der Waals surface area contributed by atoms with Gasteiger partial charge in [0.25, 0.3) is 0 Å². The highest BCUT2D eigenvalue weighted by atomic mass is 31.2. The van der Waals surface area contributed by atoms with Crippen LogP contribution in [0.4, 0.5) is 0 Å². The number of fused-ring (bicyclic) bond motifs is 1. The van der Waals surface area contributed by atoms with E-state index in [2.05, 4.69) is 6.92 Å². The van der Waals surface area contributed by atoms with Crippen molar-refractivity contribution in [3.8, 4) is 0 Å². The van der Waals surface area contributed by atoms with E-state index in [0.29, 0.717) is 18.4 Å². The highest BCUT2D eigenvalue weighted by molar-refractivity contribution is 7.47. The SMILES string of the molecule is CCOC1C(COP(=O)(O)OC2C(C)OC(O)C2O)OC2C(CC)C12. The van der Waals surface area contributed by atoms with Crippen LogP contribution in [-0.2, 0) is 27.8 Å². The van der Waals surface area contributed by atoms with Crippen molar-refractivity contribution < 1.29 is 42.9 Å². The summed E-state index contributed by atoms with van der Waals surface area (Å²) in [7, 11) is -4.45. The van der Waals surface area contributed by atoms with Crippen molar-refractivity contribution in [2.24, 2.45) is 11.8 Å². The third kappa shape index (κ3) is 3.95. The number of hydrogen-bond donors (Lipinski definition) is 3. The van der Waals surface area contributed by atoms with Crippen LogP contribution < -0.4 is 0 Å². The molecule has 0 aromatic carbocycles. The molecule has 2 saturated heterocycles. The van der Waals surface area contributed by atoms with Crippen LogP contribution in [-0.4, -0.2) is 71.2 Å². The van der Waals surface area contributed by atoms with Crippen LogP contribution in [0.1, 0.15) is 27.2 Å². The van der Waals surface area contributed by atoms with Gasteiger partial charge in [-0.15, -0.1) is 0 Å². The standard InChI is InChI=1S/C15H27O9P/c1-4-8-10-13(8)23-9(14(10)20-5-2)6-21-25(18,19)24-12-7(3)22-15(17)11(12)16/h7-17H,4-6H2,1-3H3,(H,18,19). The first-order valence-corrected chi connectivity index (χ1v) is 10.2. The molecule has 0 spiro atoms. The van der Waals surface area contributed by atoms with Crippen molar-refractivity contribution in [2.45, 2.75) is 70.1 Å². The van der Waals surface area contributed by atoms with Gasteiger partial charge in [0.1, 0.15) is 18.3 Å². The molecule has 3 fully saturated rings. The second-order valence-corrected chi connectivity index (χ2v) is 8.17. The van der Waals surface area contributed by atoms with Crippen LogP contribution >= 0.6 is 7.82 Å². The van der Waals surface area contributed by atoms with Crippen LogP contribution in [0.25, 0.3) is 0 Å². The lowest BCUT2D eigenvalue weighted by Gasteiger charge is -2.25. The predicted molar refractivity (Wildman–Crippen MR) is 84.6 cm³/mol. The molecule has 146 valence electrons. The highest BCUT2D eigenvalue weighted by Crippen LogP contribution is 2.55. The minimum absolute atomic E-state index is 0.120. The Bertz CT molecular complexity index is 517. The molecule has 0 bridgehead atoms. The number of phosphoric acid groups is 1. The van der Waals surface area contributed by atoms with Gasteiger partial charge in [-0.3, -0.25) is 9.05 Å². The molecule has 0 amide bonds. The van der Waals surface area contributed by atoms with E-state index in [9.17, 15) is 19.7 Å². The molecule has 2 heterocycles. The summed E-state index contributed by atoms with van der Waals surface area (Å²) in [4.78, 5) is 9.91. The van der Waals surface area contributed by atoms with Gasteiger partial charge < -0.3 is 29.3 Å². The Morgan fingerprint density at radius 3 is 2.44 bits per heavy atom. The molecule has 2 aliphatic heterocycles. The molecule has 3 rings (SSSR count). The number of aliphatic hydroxyl groups excluding tert-OH is 2. The fourth-order valence-electron chi connectivity index (χ4n) is 3.88. The van der Waals surface area contributed by atoms with Gasteiger partial charge in [0.15, 0.2) is 6.29 Å². The lowest BCUT2D eigenvalue weighted by atomic mass is 10.1. The molecular formula is C15H27O9P. The molecule has 0 aromatic heterocycles. The maximum absolute atomic E-state index is 12.2. The predicted octanol–water partition coefficient (Wildman–Crippen LogP) is 0.415. The number of ether oxygens (including phenoxy) is 3. The average molecular weight is 382 g/mol. The molecule has 0 radical (unpaired) electrons. The van der Waals surface area contributed by atoms with E-state index in [-0.39, 0.29) is 18.8 Å². The quantitative estimate of drug-likeness (QED) is 0.512. The third-order valence-electron chi connectivity index (χ3n) is 5.17. The molecular weight excluding hydrogens is 355 g/mol. The first-order valence-electron chi connectivity index (χ1n) is 8.73. The van der Waals surface area contributed by atoms with Crippen molar-refractivity contribution in [3.05, 3.63) is 0 Å². The van der Waals surface area contributed by atoms with Crippen molar-refractivity contribution >= 4 is 7.82 Å². The number of hydrogen-bond acceptors (Lipinski definition) is 8. The summed E-state index contributed by atoms with van der Waals surface area (Å²) in [6.07, 6.45) is -4.25. The summed E-state index contributed by atoms with van der Waals surface area (Å²) >= 11 is 0. The molecule has 10 heteroatoms.